The van der Waals surface area contributed by atoms with Crippen molar-refractivity contribution < 1.29 is 0 Å². The molecule has 0 fully saturated rings. The van der Waals surface area contributed by atoms with E-state index in [1.807, 2.05) is 41.2 Å². The Morgan fingerprint density at radius 1 is 1.08 bits per heavy atom. The van der Waals surface area contributed by atoms with Gasteiger partial charge < -0.3 is 0 Å². The zero-order chi connectivity index (χ0) is 16.7. The molecule has 1 aromatic carbocycles. The van der Waals surface area contributed by atoms with Crippen LogP contribution in [0.1, 0.15) is 17.1 Å². The Hall–Kier alpha value is -1.89. The Bertz CT molecular complexity index is 967. The molecular formula is C16H11Cl2N5S. The Morgan fingerprint density at radius 2 is 1.92 bits per heavy atom. The maximum Gasteiger partial charge on any atom is 0.195 e. The number of fused-ring (bicyclic) bond motifs is 3. The fourth-order valence-electron chi connectivity index (χ4n) is 2.65. The van der Waals surface area contributed by atoms with E-state index < -0.39 is 0 Å². The summed E-state index contributed by atoms with van der Waals surface area (Å²) in [7, 11) is 0. The largest absolute Gasteiger partial charge is 0.274 e. The lowest BCUT2D eigenvalue weighted by Gasteiger charge is -2.12. The van der Waals surface area contributed by atoms with E-state index in [-0.39, 0.29) is 0 Å². The third-order valence-corrected chi connectivity index (χ3v) is 4.87. The van der Waals surface area contributed by atoms with Crippen molar-refractivity contribution in [3.63, 3.8) is 0 Å². The highest BCUT2D eigenvalue weighted by atomic mass is 35.5. The second kappa shape index (κ2) is 6.20. The smallest absolute Gasteiger partial charge is 0.195 e. The predicted octanol–water partition coefficient (Wildman–Crippen LogP) is 4.04. The van der Waals surface area contributed by atoms with Crippen LogP contribution in [0, 0.1) is 0 Å². The molecule has 0 spiro atoms. The number of halogens is 2. The summed E-state index contributed by atoms with van der Waals surface area (Å²) in [6.07, 6.45) is 1.96. The molecule has 0 amide bonds. The predicted molar refractivity (Wildman–Crippen MR) is 96.7 cm³/mol. The van der Waals surface area contributed by atoms with Crippen LogP contribution in [0.15, 0.2) is 46.5 Å². The first-order valence-electron chi connectivity index (χ1n) is 7.14. The molecule has 0 radical (unpaired) electrons. The van der Waals surface area contributed by atoms with E-state index in [9.17, 15) is 0 Å². The van der Waals surface area contributed by atoms with Crippen LogP contribution in [0.4, 0.5) is 0 Å². The van der Waals surface area contributed by atoms with E-state index in [4.69, 9.17) is 28.2 Å². The summed E-state index contributed by atoms with van der Waals surface area (Å²) in [6.45, 7) is 0.391. The molecule has 0 saturated carbocycles. The topological polar surface area (TPSA) is 56.0 Å². The van der Waals surface area contributed by atoms with Crippen LogP contribution in [0.5, 0.6) is 0 Å². The Morgan fingerprint density at radius 3 is 2.71 bits per heavy atom. The van der Waals surface area contributed by atoms with E-state index in [0.29, 0.717) is 28.1 Å². The molecule has 8 heteroatoms. The highest BCUT2D eigenvalue weighted by Gasteiger charge is 2.25. The molecule has 3 aromatic rings. The molecule has 3 heterocycles. The molecule has 0 N–H and O–H groups in total. The molecule has 24 heavy (non-hydrogen) atoms. The number of thioether (sulfide) groups is 1. The molecule has 1 aliphatic heterocycles. The van der Waals surface area contributed by atoms with Crippen molar-refractivity contribution in [3.05, 3.63) is 63.7 Å². The van der Waals surface area contributed by atoms with Gasteiger partial charge >= 0.3 is 0 Å². The zero-order valence-electron chi connectivity index (χ0n) is 12.6. The van der Waals surface area contributed by atoms with Gasteiger partial charge in [0, 0.05) is 5.56 Å². The van der Waals surface area contributed by atoms with Crippen molar-refractivity contribution in [2.45, 2.75) is 11.7 Å². The summed E-state index contributed by atoms with van der Waals surface area (Å²) in [5, 5.41) is 10.3. The molecule has 120 valence electrons. The summed E-state index contributed by atoms with van der Waals surface area (Å²) < 4.78 is 1.97. The fourth-order valence-corrected chi connectivity index (χ4v) is 3.53. The van der Waals surface area contributed by atoms with E-state index in [0.717, 1.165) is 22.2 Å². The lowest BCUT2D eigenvalue weighted by atomic mass is 10.1. The lowest BCUT2D eigenvalue weighted by Crippen LogP contribution is -2.11. The van der Waals surface area contributed by atoms with E-state index in [1.54, 1.807) is 6.07 Å². The first kappa shape index (κ1) is 15.6. The number of hydrogen-bond donors (Lipinski definition) is 0. The summed E-state index contributed by atoms with van der Waals surface area (Å²) in [4.78, 5) is 9.22. The molecule has 2 aromatic heterocycles. The number of benzene rings is 1. The van der Waals surface area contributed by atoms with Gasteiger partial charge in [-0.2, -0.15) is 0 Å². The van der Waals surface area contributed by atoms with Crippen molar-refractivity contribution in [2.75, 3.05) is 6.26 Å². The Labute approximate surface area is 152 Å². The number of hydrogen-bond acceptors (Lipinski definition) is 5. The van der Waals surface area contributed by atoms with Crippen LogP contribution < -0.4 is 0 Å². The first-order valence-corrected chi connectivity index (χ1v) is 9.12. The maximum atomic E-state index is 6.38. The van der Waals surface area contributed by atoms with Gasteiger partial charge in [-0.25, -0.2) is 4.98 Å². The fraction of sp³-hybridized carbons (Fsp3) is 0.125. The van der Waals surface area contributed by atoms with Gasteiger partial charge in [-0.3, -0.25) is 9.56 Å². The lowest BCUT2D eigenvalue weighted by molar-refractivity contribution is 0.831. The summed E-state index contributed by atoms with van der Waals surface area (Å²) in [5.41, 5.74) is 3.04. The minimum Gasteiger partial charge on any atom is -0.274 e. The standard InChI is InChI=1S/C16H11Cl2N5S/c1-24-16-22-21-13-8-19-14(9-4-2-3-5-10(9)17)15-11(23(13)16)6-7-12(18)20-15/h2-7H,8H2,1H3. The molecule has 0 saturated heterocycles. The van der Waals surface area contributed by atoms with Crippen molar-refractivity contribution in [1.29, 1.82) is 0 Å². The number of rotatable bonds is 2. The van der Waals surface area contributed by atoms with Gasteiger partial charge in [-0.05, 0) is 24.5 Å². The average molecular weight is 376 g/mol. The number of pyridine rings is 1. The van der Waals surface area contributed by atoms with Crippen LogP contribution in [0.3, 0.4) is 0 Å². The van der Waals surface area contributed by atoms with Gasteiger partial charge in [0.05, 0.1) is 16.4 Å². The zero-order valence-corrected chi connectivity index (χ0v) is 14.9. The van der Waals surface area contributed by atoms with Crippen molar-refractivity contribution in [1.82, 2.24) is 19.7 Å². The van der Waals surface area contributed by atoms with Gasteiger partial charge in [-0.15, -0.1) is 10.2 Å². The van der Waals surface area contributed by atoms with E-state index >= 15 is 0 Å². The minimum atomic E-state index is 0.391. The van der Waals surface area contributed by atoms with Gasteiger partial charge in [0.1, 0.15) is 17.4 Å². The number of nitrogens with zero attached hydrogens (tertiary/aromatic N) is 5. The monoisotopic (exact) mass is 375 g/mol. The van der Waals surface area contributed by atoms with Gasteiger partial charge in [-0.1, -0.05) is 53.2 Å². The van der Waals surface area contributed by atoms with Gasteiger partial charge in [0.25, 0.3) is 0 Å². The van der Waals surface area contributed by atoms with E-state index in [2.05, 4.69) is 15.2 Å². The Kier molecular flexibility index (Phi) is 4.04. The number of aromatic nitrogens is 4. The highest BCUT2D eigenvalue weighted by Crippen LogP contribution is 2.30. The second-order valence-electron chi connectivity index (χ2n) is 5.08. The van der Waals surface area contributed by atoms with Crippen LogP contribution in [0.25, 0.3) is 5.69 Å². The Balaban J connectivity index is 2.01. The highest BCUT2D eigenvalue weighted by molar-refractivity contribution is 7.98. The molecule has 0 atom stereocenters. The minimum absolute atomic E-state index is 0.391. The summed E-state index contributed by atoms with van der Waals surface area (Å²) in [5.74, 6) is 0.756. The normalized spacial score (nSPS) is 13.0. The molecule has 0 aliphatic carbocycles. The van der Waals surface area contributed by atoms with Crippen LogP contribution in [-0.4, -0.2) is 31.7 Å². The quantitative estimate of drug-likeness (QED) is 0.500. The molecule has 0 unspecified atom stereocenters. The second-order valence-corrected chi connectivity index (χ2v) is 6.65. The molecule has 5 nitrogen and oxygen atoms in total. The SMILES string of the molecule is CSc1nnc2n1-c1ccc(Cl)nc1C(c1ccccc1Cl)=NC2. The van der Waals surface area contributed by atoms with Crippen LogP contribution in [0.2, 0.25) is 10.2 Å². The first-order chi connectivity index (χ1) is 11.7. The van der Waals surface area contributed by atoms with E-state index in [1.165, 1.54) is 11.8 Å². The van der Waals surface area contributed by atoms with Crippen LogP contribution >= 0.6 is 35.0 Å². The average Bonchev–Trinajstić information content (AvgIpc) is 2.93. The molecular weight excluding hydrogens is 365 g/mol. The van der Waals surface area contributed by atoms with Gasteiger partial charge in [0.2, 0.25) is 0 Å². The van der Waals surface area contributed by atoms with Crippen molar-refractivity contribution >= 4 is 40.7 Å². The maximum absolute atomic E-state index is 6.38. The van der Waals surface area contributed by atoms with Gasteiger partial charge in [0.15, 0.2) is 11.0 Å². The van der Waals surface area contributed by atoms with Crippen molar-refractivity contribution in [3.8, 4) is 5.69 Å². The van der Waals surface area contributed by atoms with Crippen molar-refractivity contribution in [2.24, 2.45) is 4.99 Å². The third-order valence-electron chi connectivity index (χ3n) is 3.70. The molecule has 0 bridgehead atoms. The third kappa shape index (κ3) is 2.51. The summed E-state index contributed by atoms with van der Waals surface area (Å²) >= 11 is 14.1. The molecule has 1 aliphatic rings. The van der Waals surface area contributed by atoms with Crippen LogP contribution in [-0.2, 0) is 6.54 Å². The number of aliphatic imine (C=N–C) groups is 1. The summed E-state index contributed by atoms with van der Waals surface area (Å²) in [6, 6.07) is 11.2. The molecule has 4 rings (SSSR count).